The van der Waals surface area contributed by atoms with E-state index >= 15 is 0 Å². The van der Waals surface area contributed by atoms with Crippen LogP contribution in [0.15, 0.2) is 24.3 Å². The molecule has 0 aliphatic heterocycles. The van der Waals surface area contributed by atoms with Crippen molar-refractivity contribution >= 4 is 43.5 Å². The van der Waals surface area contributed by atoms with Gasteiger partial charge in [-0.3, -0.25) is 4.79 Å². The molecule has 2 nitrogen and oxygen atoms in total. The van der Waals surface area contributed by atoms with E-state index in [-0.39, 0.29) is 9.64 Å². The van der Waals surface area contributed by atoms with Crippen molar-refractivity contribution in [3.8, 4) is 0 Å². The molecule has 1 amide bonds. The Bertz CT molecular complexity index is 312. The van der Waals surface area contributed by atoms with Crippen molar-refractivity contribution in [3.63, 3.8) is 0 Å². The van der Waals surface area contributed by atoms with Crippen LogP contribution in [0, 0.1) is 0 Å². The van der Waals surface area contributed by atoms with Crippen LogP contribution >= 0.6 is 31.9 Å². The van der Waals surface area contributed by atoms with E-state index in [9.17, 15) is 4.79 Å². The Morgan fingerprint density at radius 2 is 2.00 bits per heavy atom. The zero-order chi connectivity index (χ0) is 9.84. The van der Waals surface area contributed by atoms with Crippen LogP contribution in [-0.4, -0.2) is 5.91 Å². The first-order valence-corrected chi connectivity index (χ1v) is 5.59. The number of benzene rings is 1. The Balaban J connectivity index is 2.97. The van der Waals surface area contributed by atoms with E-state index in [0.29, 0.717) is 0 Å². The molecule has 0 saturated carbocycles. The van der Waals surface area contributed by atoms with E-state index in [2.05, 4.69) is 37.2 Å². The normalized spacial score (nSPS) is 10.2. The molecular weight excluding hydrogens is 298 g/mol. The van der Waals surface area contributed by atoms with E-state index in [0.717, 1.165) is 11.3 Å². The summed E-state index contributed by atoms with van der Waals surface area (Å²) < 4.78 is 0.0584. The Kier molecular flexibility index (Phi) is 3.93. The van der Waals surface area contributed by atoms with Gasteiger partial charge in [0, 0.05) is 12.6 Å². The van der Waals surface area contributed by atoms with Crippen LogP contribution in [0.25, 0.3) is 0 Å². The van der Waals surface area contributed by atoms with Crippen molar-refractivity contribution < 1.29 is 4.79 Å². The molecule has 0 saturated heterocycles. The summed E-state index contributed by atoms with van der Waals surface area (Å²) >= 11 is 6.78. The number of hydrogen-bond donors (Lipinski definition) is 1. The average Bonchev–Trinajstić information content (AvgIpc) is 2.03. The molecule has 70 valence electrons. The monoisotopic (exact) mass is 305 g/mol. The molecule has 1 aromatic carbocycles. The molecule has 0 bridgehead atoms. The number of para-hydroxylation sites is 1. The van der Waals surface area contributed by atoms with Crippen LogP contribution in [0.4, 0.5) is 5.69 Å². The quantitative estimate of drug-likeness (QED) is 0.833. The van der Waals surface area contributed by atoms with Crippen molar-refractivity contribution in [1.29, 1.82) is 0 Å². The standard InChI is InChI=1S/C9H9Br2NO/c1-6(13)12-8-5-3-2-4-7(8)9(10)11/h2-5,9H,1H3,(H,12,13). The third kappa shape index (κ3) is 3.12. The zero-order valence-corrected chi connectivity index (χ0v) is 10.2. The summed E-state index contributed by atoms with van der Waals surface area (Å²) in [7, 11) is 0. The van der Waals surface area contributed by atoms with Crippen LogP contribution in [0.3, 0.4) is 0 Å². The lowest BCUT2D eigenvalue weighted by Gasteiger charge is -2.09. The molecule has 1 aromatic rings. The lowest BCUT2D eigenvalue weighted by molar-refractivity contribution is -0.114. The molecule has 4 heteroatoms. The highest BCUT2D eigenvalue weighted by Gasteiger charge is 2.08. The molecule has 0 aliphatic carbocycles. The van der Waals surface area contributed by atoms with Crippen LogP contribution in [-0.2, 0) is 4.79 Å². The van der Waals surface area contributed by atoms with E-state index in [4.69, 9.17) is 0 Å². The summed E-state index contributed by atoms with van der Waals surface area (Å²) in [6, 6.07) is 7.62. The molecule has 0 aromatic heterocycles. The van der Waals surface area contributed by atoms with Gasteiger partial charge >= 0.3 is 0 Å². The predicted octanol–water partition coefficient (Wildman–Crippen LogP) is 3.43. The van der Waals surface area contributed by atoms with Gasteiger partial charge < -0.3 is 5.32 Å². The molecule has 0 aliphatic rings. The average molecular weight is 307 g/mol. The Morgan fingerprint density at radius 3 is 2.54 bits per heavy atom. The fraction of sp³-hybridized carbons (Fsp3) is 0.222. The molecule has 1 rings (SSSR count). The number of carbonyl (C=O) groups is 1. The highest BCUT2D eigenvalue weighted by Crippen LogP contribution is 2.34. The van der Waals surface area contributed by atoms with Crippen LogP contribution < -0.4 is 5.32 Å². The number of amides is 1. The van der Waals surface area contributed by atoms with E-state index in [1.54, 1.807) is 0 Å². The van der Waals surface area contributed by atoms with Crippen LogP contribution in [0.5, 0.6) is 0 Å². The topological polar surface area (TPSA) is 29.1 Å². The van der Waals surface area contributed by atoms with Crippen molar-refractivity contribution in [2.45, 2.75) is 10.7 Å². The Hall–Kier alpha value is -0.350. The number of hydrogen-bond acceptors (Lipinski definition) is 1. The predicted molar refractivity (Wildman–Crippen MR) is 61.3 cm³/mol. The second-order valence-corrected chi connectivity index (χ2v) is 5.63. The summed E-state index contributed by atoms with van der Waals surface area (Å²) in [5.41, 5.74) is 1.84. The van der Waals surface area contributed by atoms with Crippen molar-refractivity contribution in [1.82, 2.24) is 0 Å². The molecule has 1 N–H and O–H groups in total. The fourth-order valence-corrected chi connectivity index (χ4v) is 1.79. The van der Waals surface area contributed by atoms with Gasteiger partial charge in [-0.1, -0.05) is 50.1 Å². The molecular formula is C9H9Br2NO. The third-order valence-corrected chi connectivity index (χ3v) is 2.49. The number of carbonyl (C=O) groups excluding carboxylic acids is 1. The highest BCUT2D eigenvalue weighted by atomic mass is 79.9. The number of rotatable bonds is 2. The molecule has 0 radical (unpaired) electrons. The van der Waals surface area contributed by atoms with Crippen molar-refractivity contribution in [2.24, 2.45) is 0 Å². The lowest BCUT2D eigenvalue weighted by Crippen LogP contribution is -2.07. The van der Waals surface area contributed by atoms with Gasteiger partial charge in [-0.05, 0) is 11.6 Å². The maximum absolute atomic E-state index is 10.8. The third-order valence-electron chi connectivity index (χ3n) is 1.51. The van der Waals surface area contributed by atoms with E-state index in [1.165, 1.54) is 6.92 Å². The lowest BCUT2D eigenvalue weighted by atomic mass is 10.2. The molecule has 0 atom stereocenters. The smallest absolute Gasteiger partial charge is 0.221 e. The highest BCUT2D eigenvalue weighted by molar-refractivity contribution is 9.24. The maximum Gasteiger partial charge on any atom is 0.221 e. The zero-order valence-electron chi connectivity index (χ0n) is 7.05. The van der Waals surface area contributed by atoms with Gasteiger partial charge in [0.15, 0.2) is 0 Å². The van der Waals surface area contributed by atoms with Gasteiger partial charge in [-0.2, -0.15) is 0 Å². The molecule has 0 heterocycles. The molecule has 0 unspecified atom stereocenters. The first kappa shape index (κ1) is 10.7. The van der Waals surface area contributed by atoms with Gasteiger partial charge in [-0.15, -0.1) is 0 Å². The first-order valence-electron chi connectivity index (χ1n) is 3.76. The number of nitrogens with one attached hydrogen (secondary N) is 1. The van der Waals surface area contributed by atoms with E-state index in [1.807, 2.05) is 24.3 Å². The molecule has 13 heavy (non-hydrogen) atoms. The van der Waals surface area contributed by atoms with Gasteiger partial charge in [0.25, 0.3) is 0 Å². The van der Waals surface area contributed by atoms with Crippen molar-refractivity contribution in [2.75, 3.05) is 5.32 Å². The van der Waals surface area contributed by atoms with Gasteiger partial charge in [0.05, 0.1) is 3.74 Å². The second-order valence-electron chi connectivity index (χ2n) is 2.57. The largest absolute Gasteiger partial charge is 0.326 e. The summed E-state index contributed by atoms with van der Waals surface area (Å²) in [5.74, 6) is -0.0619. The fourth-order valence-electron chi connectivity index (χ4n) is 0.991. The van der Waals surface area contributed by atoms with E-state index < -0.39 is 0 Å². The van der Waals surface area contributed by atoms with Gasteiger partial charge in [0.1, 0.15) is 0 Å². The summed E-state index contributed by atoms with van der Waals surface area (Å²) in [6.45, 7) is 1.49. The first-order chi connectivity index (χ1) is 6.11. The Morgan fingerprint density at radius 1 is 1.38 bits per heavy atom. The number of halogens is 2. The second kappa shape index (κ2) is 4.77. The number of anilines is 1. The molecule has 0 spiro atoms. The Labute approximate surface area is 94.0 Å². The summed E-state index contributed by atoms with van der Waals surface area (Å²) in [5, 5.41) is 2.76. The summed E-state index contributed by atoms with van der Waals surface area (Å²) in [4.78, 5) is 10.8. The molecule has 0 fully saturated rings. The maximum atomic E-state index is 10.8. The van der Waals surface area contributed by atoms with Crippen LogP contribution in [0.1, 0.15) is 16.2 Å². The minimum Gasteiger partial charge on any atom is -0.326 e. The van der Waals surface area contributed by atoms with Gasteiger partial charge in [0.2, 0.25) is 5.91 Å². The summed E-state index contributed by atoms with van der Waals surface area (Å²) in [6.07, 6.45) is 0. The van der Waals surface area contributed by atoms with Crippen LogP contribution in [0.2, 0.25) is 0 Å². The number of alkyl halides is 2. The van der Waals surface area contributed by atoms with Crippen molar-refractivity contribution in [3.05, 3.63) is 29.8 Å². The minimum atomic E-state index is -0.0619. The SMILES string of the molecule is CC(=O)Nc1ccccc1C(Br)Br. The van der Waals surface area contributed by atoms with Gasteiger partial charge in [-0.25, -0.2) is 0 Å². The minimum absolute atomic E-state index is 0.0584.